The van der Waals surface area contributed by atoms with Crippen LogP contribution in [0.3, 0.4) is 0 Å². The van der Waals surface area contributed by atoms with Crippen LogP contribution in [0.15, 0.2) is 29.6 Å². The molecule has 1 heterocycles. The molecule has 1 aromatic carbocycles. The largest absolute Gasteiger partial charge is 0.314 e. The molecule has 2 rings (SSSR count). The first-order valence-electron chi connectivity index (χ1n) is 7.73. The molecule has 114 valence electrons. The third-order valence-electron chi connectivity index (χ3n) is 3.59. The number of nitrogens with zero attached hydrogens (tertiary/aromatic N) is 1. The van der Waals surface area contributed by atoms with Crippen LogP contribution in [-0.2, 0) is 12.8 Å². The van der Waals surface area contributed by atoms with Crippen LogP contribution in [0, 0.1) is 19.8 Å². The van der Waals surface area contributed by atoms with Crippen molar-refractivity contribution in [1.82, 2.24) is 10.3 Å². The van der Waals surface area contributed by atoms with Crippen LogP contribution in [0.5, 0.6) is 0 Å². The fraction of sp³-hybridized carbons (Fsp3) is 0.500. The van der Waals surface area contributed by atoms with Gasteiger partial charge in [0.2, 0.25) is 0 Å². The maximum atomic E-state index is 4.62. The van der Waals surface area contributed by atoms with Gasteiger partial charge < -0.3 is 5.32 Å². The Hall–Kier alpha value is -1.19. The van der Waals surface area contributed by atoms with Crippen molar-refractivity contribution in [2.75, 3.05) is 6.54 Å². The van der Waals surface area contributed by atoms with E-state index in [-0.39, 0.29) is 0 Å². The van der Waals surface area contributed by atoms with Gasteiger partial charge in [-0.05, 0) is 38.3 Å². The summed E-state index contributed by atoms with van der Waals surface area (Å²) in [5.41, 5.74) is 3.89. The number of nitrogens with one attached hydrogen (secondary N) is 1. The first-order valence-corrected chi connectivity index (χ1v) is 8.61. The summed E-state index contributed by atoms with van der Waals surface area (Å²) in [7, 11) is 0. The van der Waals surface area contributed by atoms with E-state index in [0.29, 0.717) is 12.0 Å². The molecule has 0 aliphatic rings. The summed E-state index contributed by atoms with van der Waals surface area (Å²) in [6.45, 7) is 9.67. The average Bonchev–Trinajstić information content (AvgIpc) is 2.84. The lowest BCUT2D eigenvalue weighted by Gasteiger charge is -2.18. The van der Waals surface area contributed by atoms with Gasteiger partial charge in [0.15, 0.2) is 0 Å². The predicted octanol–water partition coefficient (Wildman–Crippen LogP) is 4.16. The second kappa shape index (κ2) is 7.71. The van der Waals surface area contributed by atoms with E-state index in [9.17, 15) is 0 Å². The zero-order valence-electron chi connectivity index (χ0n) is 13.5. The molecule has 1 atom stereocenters. The fourth-order valence-corrected chi connectivity index (χ4v) is 3.31. The van der Waals surface area contributed by atoms with Gasteiger partial charge in [-0.2, -0.15) is 0 Å². The van der Waals surface area contributed by atoms with E-state index in [1.54, 1.807) is 11.3 Å². The van der Waals surface area contributed by atoms with E-state index in [2.05, 4.69) is 67.6 Å². The van der Waals surface area contributed by atoms with Crippen molar-refractivity contribution in [3.05, 3.63) is 51.5 Å². The Kier molecular flexibility index (Phi) is 5.95. The van der Waals surface area contributed by atoms with Gasteiger partial charge in [-0.1, -0.05) is 43.7 Å². The third kappa shape index (κ3) is 5.60. The van der Waals surface area contributed by atoms with Crippen molar-refractivity contribution in [1.29, 1.82) is 0 Å². The van der Waals surface area contributed by atoms with Crippen LogP contribution < -0.4 is 5.32 Å². The molecule has 2 nitrogen and oxygen atoms in total. The van der Waals surface area contributed by atoms with Crippen molar-refractivity contribution < 1.29 is 0 Å². The summed E-state index contributed by atoms with van der Waals surface area (Å²) >= 11 is 1.79. The summed E-state index contributed by atoms with van der Waals surface area (Å²) in [4.78, 5) is 4.62. The van der Waals surface area contributed by atoms with Crippen LogP contribution in [0.1, 0.15) is 35.7 Å². The Morgan fingerprint density at radius 1 is 1.10 bits per heavy atom. The minimum absolute atomic E-state index is 0.531. The number of rotatable bonds is 7. The van der Waals surface area contributed by atoms with E-state index in [1.165, 1.54) is 16.1 Å². The molecule has 0 fully saturated rings. The summed E-state index contributed by atoms with van der Waals surface area (Å²) < 4.78 is 0. The Balaban J connectivity index is 2.02. The van der Waals surface area contributed by atoms with Crippen molar-refractivity contribution >= 4 is 11.3 Å². The van der Waals surface area contributed by atoms with Crippen LogP contribution in [0.25, 0.3) is 0 Å². The molecule has 0 amide bonds. The Morgan fingerprint density at radius 3 is 2.38 bits per heavy atom. The molecular weight excluding hydrogens is 276 g/mol. The van der Waals surface area contributed by atoms with Crippen molar-refractivity contribution in [3.63, 3.8) is 0 Å². The molecule has 3 heteroatoms. The minimum Gasteiger partial charge on any atom is -0.314 e. The zero-order valence-corrected chi connectivity index (χ0v) is 14.3. The van der Waals surface area contributed by atoms with Crippen LogP contribution >= 0.6 is 11.3 Å². The number of hydrogen-bond acceptors (Lipinski definition) is 3. The highest BCUT2D eigenvalue weighted by Gasteiger charge is 2.13. The molecule has 0 spiro atoms. The zero-order chi connectivity index (χ0) is 15.2. The number of aryl methyl sites for hydroxylation is 2. The lowest BCUT2D eigenvalue weighted by molar-refractivity contribution is 0.443. The van der Waals surface area contributed by atoms with Gasteiger partial charge in [0.25, 0.3) is 0 Å². The smallest absolute Gasteiger partial charge is 0.0931 e. The van der Waals surface area contributed by atoms with Gasteiger partial charge in [-0.15, -0.1) is 11.3 Å². The van der Waals surface area contributed by atoms with E-state index < -0.39 is 0 Å². The first kappa shape index (κ1) is 16.2. The molecule has 0 radical (unpaired) electrons. The maximum Gasteiger partial charge on any atom is 0.0931 e. The average molecular weight is 302 g/mol. The molecule has 1 N–H and O–H groups in total. The lowest BCUT2D eigenvalue weighted by atomic mass is 9.95. The number of benzene rings is 1. The van der Waals surface area contributed by atoms with Crippen molar-refractivity contribution in [2.45, 2.75) is 46.6 Å². The molecule has 0 aliphatic carbocycles. The van der Waals surface area contributed by atoms with Crippen LogP contribution in [-0.4, -0.2) is 17.6 Å². The molecule has 0 aliphatic heterocycles. The molecule has 2 aromatic rings. The van der Waals surface area contributed by atoms with Crippen LogP contribution in [0.4, 0.5) is 0 Å². The number of hydrogen-bond donors (Lipinski definition) is 1. The summed E-state index contributed by atoms with van der Waals surface area (Å²) in [6, 6.07) is 9.45. The highest BCUT2D eigenvalue weighted by Crippen LogP contribution is 2.18. The van der Waals surface area contributed by atoms with E-state index >= 15 is 0 Å². The second-order valence-corrected chi connectivity index (χ2v) is 7.15. The van der Waals surface area contributed by atoms with Gasteiger partial charge in [-0.3, -0.25) is 0 Å². The minimum atomic E-state index is 0.531. The van der Waals surface area contributed by atoms with Gasteiger partial charge in [0.1, 0.15) is 0 Å². The molecule has 0 saturated heterocycles. The molecular formula is C18H26N2S. The summed E-state index contributed by atoms with van der Waals surface area (Å²) in [6.07, 6.45) is 2.17. The standard InChI is InChI=1S/C18H26N2S/c1-13(2)19-11-17(10-18-20-15(4)12-21-18)9-16-7-5-14(3)6-8-16/h5-8,12-13,17,19H,9-11H2,1-4H3. The molecule has 0 saturated carbocycles. The van der Waals surface area contributed by atoms with Crippen molar-refractivity contribution in [3.8, 4) is 0 Å². The van der Waals surface area contributed by atoms with Gasteiger partial charge in [0, 0.05) is 23.5 Å². The van der Waals surface area contributed by atoms with Crippen LogP contribution in [0.2, 0.25) is 0 Å². The Morgan fingerprint density at radius 2 is 1.81 bits per heavy atom. The Bertz CT molecular complexity index is 543. The normalized spacial score (nSPS) is 12.8. The SMILES string of the molecule is Cc1ccc(CC(CNC(C)C)Cc2nc(C)cs2)cc1. The van der Waals surface area contributed by atoms with Crippen molar-refractivity contribution in [2.24, 2.45) is 5.92 Å². The highest BCUT2D eigenvalue weighted by atomic mass is 32.1. The van der Waals surface area contributed by atoms with Gasteiger partial charge >= 0.3 is 0 Å². The van der Waals surface area contributed by atoms with E-state index in [4.69, 9.17) is 0 Å². The predicted molar refractivity (Wildman–Crippen MR) is 92.1 cm³/mol. The lowest BCUT2D eigenvalue weighted by Crippen LogP contribution is -2.31. The summed E-state index contributed by atoms with van der Waals surface area (Å²) in [5.74, 6) is 0.598. The second-order valence-electron chi connectivity index (χ2n) is 6.21. The first-order chi connectivity index (χ1) is 10.0. The highest BCUT2D eigenvalue weighted by molar-refractivity contribution is 7.09. The monoisotopic (exact) mass is 302 g/mol. The summed E-state index contributed by atoms with van der Waals surface area (Å²) in [5, 5.41) is 6.99. The molecule has 21 heavy (non-hydrogen) atoms. The molecule has 1 aromatic heterocycles. The van der Waals surface area contributed by atoms with E-state index in [0.717, 1.165) is 25.1 Å². The van der Waals surface area contributed by atoms with E-state index in [1.807, 2.05) is 0 Å². The quantitative estimate of drug-likeness (QED) is 0.830. The fourth-order valence-electron chi connectivity index (χ4n) is 2.42. The maximum absolute atomic E-state index is 4.62. The number of thiazole rings is 1. The molecule has 0 bridgehead atoms. The molecule has 1 unspecified atom stereocenters. The third-order valence-corrected chi connectivity index (χ3v) is 4.58. The topological polar surface area (TPSA) is 24.9 Å². The van der Waals surface area contributed by atoms with Gasteiger partial charge in [-0.25, -0.2) is 4.98 Å². The van der Waals surface area contributed by atoms with Gasteiger partial charge in [0.05, 0.1) is 5.01 Å². The Labute approximate surface area is 132 Å². The number of aromatic nitrogens is 1.